The van der Waals surface area contributed by atoms with Crippen LogP contribution in [0.5, 0.6) is 0 Å². The molecule has 6 heteroatoms. The van der Waals surface area contributed by atoms with E-state index in [9.17, 15) is 0 Å². The van der Waals surface area contributed by atoms with Crippen molar-refractivity contribution in [2.75, 3.05) is 0 Å². The van der Waals surface area contributed by atoms with Gasteiger partial charge < -0.3 is 0 Å². The molecule has 0 aromatic carbocycles. The summed E-state index contributed by atoms with van der Waals surface area (Å²) in [6, 6.07) is 2.08. The first-order valence-electron chi connectivity index (χ1n) is 4.81. The minimum absolute atomic E-state index is 0.643. The predicted molar refractivity (Wildman–Crippen MR) is 63.9 cm³/mol. The van der Waals surface area contributed by atoms with Crippen LogP contribution in [0.4, 0.5) is 0 Å². The monoisotopic (exact) mass is 286 g/mol. The van der Waals surface area contributed by atoms with Gasteiger partial charge in [-0.1, -0.05) is 6.92 Å². The van der Waals surface area contributed by atoms with Crippen LogP contribution in [0.15, 0.2) is 10.8 Å². The summed E-state index contributed by atoms with van der Waals surface area (Å²) in [6.45, 7) is 5.03. The van der Waals surface area contributed by atoms with Gasteiger partial charge in [0.05, 0.1) is 11.4 Å². The van der Waals surface area contributed by atoms with Gasteiger partial charge in [-0.15, -0.1) is 0 Å². The normalized spacial score (nSPS) is 10.9. The van der Waals surface area contributed by atoms with E-state index in [0.29, 0.717) is 4.73 Å². The van der Waals surface area contributed by atoms with E-state index in [1.165, 1.54) is 11.5 Å². The number of halogens is 1. The van der Waals surface area contributed by atoms with Crippen molar-refractivity contribution in [2.24, 2.45) is 0 Å². The summed E-state index contributed by atoms with van der Waals surface area (Å²) < 4.78 is 6.72. The summed E-state index contributed by atoms with van der Waals surface area (Å²) in [7, 11) is 0. The van der Waals surface area contributed by atoms with Crippen LogP contribution in [-0.2, 0) is 13.0 Å². The van der Waals surface area contributed by atoms with Crippen LogP contribution < -0.4 is 0 Å². The minimum atomic E-state index is 0.643. The lowest BCUT2D eigenvalue weighted by molar-refractivity contribution is 0.655. The average Bonchev–Trinajstić information content (AvgIpc) is 2.82. The first-order valence-corrected chi connectivity index (χ1v) is 6.37. The maximum absolute atomic E-state index is 4.47. The summed E-state index contributed by atoms with van der Waals surface area (Å²) in [4.78, 5) is 4.30. The Labute approximate surface area is 101 Å². The number of hydrogen-bond acceptors (Lipinski definition) is 4. The van der Waals surface area contributed by atoms with Gasteiger partial charge in [0.1, 0.15) is 0 Å². The standard InChI is InChI=1S/C9H11BrN4S/c1-3-6-5-7(14(4-2)12-6)8-11-9(10)13-15-8/h5H,3-4H2,1-2H3. The molecule has 0 saturated carbocycles. The molecule has 0 saturated heterocycles. The summed E-state index contributed by atoms with van der Waals surface area (Å²) in [5.41, 5.74) is 2.15. The van der Waals surface area contributed by atoms with Crippen molar-refractivity contribution in [3.8, 4) is 10.7 Å². The van der Waals surface area contributed by atoms with Crippen LogP contribution in [0.2, 0.25) is 0 Å². The Balaban J connectivity index is 2.46. The van der Waals surface area contributed by atoms with Gasteiger partial charge in [-0.05, 0) is 46.9 Å². The lowest BCUT2D eigenvalue weighted by Crippen LogP contribution is -1.99. The Kier molecular flexibility index (Phi) is 3.16. The van der Waals surface area contributed by atoms with Crippen molar-refractivity contribution in [3.05, 3.63) is 16.5 Å². The van der Waals surface area contributed by atoms with Gasteiger partial charge in [-0.2, -0.15) is 9.47 Å². The molecule has 0 amide bonds. The number of hydrogen-bond donors (Lipinski definition) is 0. The third kappa shape index (κ3) is 2.10. The van der Waals surface area contributed by atoms with E-state index >= 15 is 0 Å². The van der Waals surface area contributed by atoms with Crippen LogP contribution in [0.3, 0.4) is 0 Å². The average molecular weight is 287 g/mol. The van der Waals surface area contributed by atoms with Crippen LogP contribution in [0.25, 0.3) is 10.7 Å². The maximum Gasteiger partial charge on any atom is 0.209 e. The Morgan fingerprint density at radius 1 is 1.47 bits per heavy atom. The van der Waals surface area contributed by atoms with E-state index in [1.807, 2.05) is 4.68 Å². The Hall–Kier alpha value is -0.750. The first kappa shape index (κ1) is 10.8. The Morgan fingerprint density at radius 3 is 2.80 bits per heavy atom. The van der Waals surface area contributed by atoms with Gasteiger partial charge in [-0.3, -0.25) is 4.68 Å². The molecule has 0 bridgehead atoms. The van der Waals surface area contributed by atoms with E-state index in [-0.39, 0.29) is 0 Å². The molecule has 0 aliphatic rings. The van der Waals surface area contributed by atoms with Crippen LogP contribution in [0, 0.1) is 0 Å². The van der Waals surface area contributed by atoms with Crippen molar-refractivity contribution < 1.29 is 0 Å². The fourth-order valence-electron chi connectivity index (χ4n) is 1.37. The fourth-order valence-corrected chi connectivity index (χ4v) is 2.47. The smallest absolute Gasteiger partial charge is 0.209 e. The Morgan fingerprint density at radius 2 is 2.27 bits per heavy atom. The first-order chi connectivity index (χ1) is 7.24. The SMILES string of the molecule is CCc1cc(-c2nc(Br)ns2)n(CC)n1. The van der Waals surface area contributed by atoms with Gasteiger partial charge in [0.25, 0.3) is 0 Å². The topological polar surface area (TPSA) is 43.6 Å². The molecule has 0 atom stereocenters. The third-order valence-corrected chi connectivity index (χ3v) is 3.44. The van der Waals surface area contributed by atoms with Crippen LogP contribution >= 0.6 is 27.5 Å². The molecular formula is C9H11BrN4S. The number of aryl methyl sites for hydroxylation is 2. The fraction of sp³-hybridized carbons (Fsp3) is 0.444. The summed E-state index contributed by atoms with van der Waals surface area (Å²) in [5.74, 6) is 0. The third-order valence-electron chi connectivity index (χ3n) is 2.11. The molecule has 0 spiro atoms. The van der Waals surface area contributed by atoms with E-state index in [4.69, 9.17) is 0 Å². The molecule has 2 heterocycles. The lowest BCUT2D eigenvalue weighted by Gasteiger charge is -1.98. The van der Waals surface area contributed by atoms with Crippen molar-refractivity contribution in [1.29, 1.82) is 0 Å². The zero-order valence-corrected chi connectivity index (χ0v) is 11.0. The van der Waals surface area contributed by atoms with Crippen molar-refractivity contribution in [1.82, 2.24) is 19.1 Å². The number of rotatable bonds is 3. The second-order valence-corrected chi connectivity index (χ2v) is 4.52. The van der Waals surface area contributed by atoms with Gasteiger partial charge >= 0.3 is 0 Å². The summed E-state index contributed by atoms with van der Waals surface area (Å²) in [5, 5.41) is 5.39. The zero-order valence-electron chi connectivity index (χ0n) is 8.57. The van der Waals surface area contributed by atoms with Crippen molar-refractivity contribution in [3.63, 3.8) is 0 Å². The van der Waals surface area contributed by atoms with Gasteiger partial charge in [0, 0.05) is 6.54 Å². The lowest BCUT2D eigenvalue weighted by atomic mass is 10.3. The van der Waals surface area contributed by atoms with E-state index in [0.717, 1.165) is 29.4 Å². The predicted octanol–water partition coefficient (Wildman–Crippen LogP) is 2.75. The van der Waals surface area contributed by atoms with Gasteiger partial charge in [-0.25, -0.2) is 4.98 Å². The molecule has 2 aromatic rings. The van der Waals surface area contributed by atoms with E-state index < -0.39 is 0 Å². The summed E-state index contributed by atoms with van der Waals surface area (Å²) >= 11 is 4.65. The molecule has 0 fully saturated rings. The van der Waals surface area contributed by atoms with E-state index in [2.05, 4.69) is 50.3 Å². The quantitative estimate of drug-likeness (QED) is 0.871. The van der Waals surface area contributed by atoms with Gasteiger partial charge in [0.15, 0.2) is 5.01 Å². The largest absolute Gasteiger partial charge is 0.262 e. The molecular weight excluding hydrogens is 276 g/mol. The molecule has 0 N–H and O–H groups in total. The van der Waals surface area contributed by atoms with Crippen LogP contribution in [0.1, 0.15) is 19.5 Å². The van der Waals surface area contributed by atoms with Crippen molar-refractivity contribution in [2.45, 2.75) is 26.8 Å². The molecule has 4 nitrogen and oxygen atoms in total. The zero-order chi connectivity index (χ0) is 10.8. The molecule has 15 heavy (non-hydrogen) atoms. The van der Waals surface area contributed by atoms with Crippen molar-refractivity contribution >= 4 is 27.5 Å². The summed E-state index contributed by atoms with van der Waals surface area (Å²) in [6.07, 6.45) is 0.944. The highest BCUT2D eigenvalue weighted by molar-refractivity contribution is 9.10. The highest BCUT2D eigenvalue weighted by atomic mass is 79.9. The molecule has 2 aromatic heterocycles. The number of aromatic nitrogens is 4. The highest BCUT2D eigenvalue weighted by Gasteiger charge is 2.12. The van der Waals surface area contributed by atoms with E-state index in [1.54, 1.807) is 0 Å². The molecule has 0 aliphatic carbocycles. The van der Waals surface area contributed by atoms with Crippen LogP contribution in [-0.4, -0.2) is 19.1 Å². The highest BCUT2D eigenvalue weighted by Crippen LogP contribution is 2.24. The molecule has 80 valence electrons. The van der Waals surface area contributed by atoms with Gasteiger partial charge in [0.2, 0.25) is 4.73 Å². The Bertz CT molecular complexity index is 462. The second kappa shape index (κ2) is 4.40. The molecule has 0 unspecified atom stereocenters. The molecule has 2 rings (SSSR count). The maximum atomic E-state index is 4.47. The minimum Gasteiger partial charge on any atom is -0.262 e. The number of nitrogens with zero attached hydrogens (tertiary/aromatic N) is 4. The molecule has 0 radical (unpaired) electrons. The molecule has 0 aliphatic heterocycles. The second-order valence-electron chi connectivity index (χ2n) is 3.06.